The van der Waals surface area contributed by atoms with Gasteiger partial charge in [0.05, 0.1) is 0 Å². The first-order chi connectivity index (χ1) is 9.24. The third-order valence-corrected chi connectivity index (χ3v) is 2.64. The maximum Gasteiger partial charge on any atom is 0.276 e. The second-order valence-corrected chi connectivity index (χ2v) is 4.04. The predicted molar refractivity (Wildman–Crippen MR) is 69.9 cm³/mol. The highest BCUT2D eigenvalue weighted by atomic mass is 16.5. The minimum Gasteiger partial charge on any atom is -0.384 e. The van der Waals surface area contributed by atoms with E-state index in [1.165, 1.54) is 0 Å². The van der Waals surface area contributed by atoms with Gasteiger partial charge in [0.1, 0.15) is 17.2 Å². The molecule has 0 unspecified atom stereocenters. The van der Waals surface area contributed by atoms with Crippen molar-refractivity contribution in [3.05, 3.63) is 42.1 Å². The van der Waals surface area contributed by atoms with Crippen LogP contribution in [-0.2, 0) is 0 Å². The Kier molecular flexibility index (Phi) is 2.68. The number of hydrogen-bond acceptors (Lipinski definition) is 6. The van der Waals surface area contributed by atoms with Crippen molar-refractivity contribution in [1.82, 2.24) is 20.1 Å². The van der Waals surface area contributed by atoms with Gasteiger partial charge in [0.25, 0.3) is 5.89 Å². The molecule has 0 aromatic carbocycles. The van der Waals surface area contributed by atoms with E-state index < -0.39 is 0 Å². The Morgan fingerprint density at radius 1 is 1.11 bits per heavy atom. The first kappa shape index (κ1) is 11.3. The zero-order valence-corrected chi connectivity index (χ0v) is 10.2. The summed E-state index contributed by atoms with van der Waals surface area (Å²) in [5.74, 6) is 1.18. The van der Waals surface area contributed by atoms with Gasteiger partial charge in [-0.05, 0) is 30.7 Å². The topological polar surface area (TPSA) is 90.7 Å². The lowest BCUT2D eigenvalue weighted by Crippen LogP contribution is -1.92. The summed E-state index contributed by atoms with van der Waals surface area (Å²) in [7, 11) is 0. The minimum atomic E-state index is 0.326. The highest BCUT2D eigenvalue weighted by Gasteiger charge is 2.14. The molecule has 3 heterocycles. The summed E-state index contributed by atoms with van der Waals surface area (Å²) in [5, 5.41) is 3.92. The molecule has 0 amide bonds. The van der Waals surface area contributed by atoms with Crippen molar-refractivity contribution in [3.63, 3.8) is 0 Å². The molecular weight excluding hydrogens is 242 g/mol. The van der Waals surface area contributed by atoms with Gasteiger partial charge in [-0.25, -0.2) is 4.98 Å². The number of nitrogen functional groups attached to an aromatic ring is 1. The molecule has 94 valence electrons. The van der Waals surface area contributed by atoms with Gasteiger partial charge in [-0.3, -0.25) is 4.98 Å². The van der Waals surface area contributed by atoms with E-state index in [-0.39, 0.29) is 0 Å². The molecule has 19 heavy (non-hydrogen) atoms. The summed E-state index contributed by atoms with van der Waals surface area (Å²) in [4.78, 5) is 12.7. The Hall–Kier alpha value is -2.76. The first-order valence-electron chi connectivity index (χ1n) is 5.72. The molecule has 0 saturated heterocycles. The summed E-state index contributed by atoms with van der Waals surface area (Å²) in [6.07, 6.45) is 1.69. The van der Waals surface area contributed by atoms with E-state index in [4.69, 9.17) is 10.3 Å². The lowest BCUT2D eigenvalue weighted by molar-refractivity contribution is 0.431. The Morgan fingerprint density at radius 2 is 2.00 bits per heavy atom. The van der Waals surface area contributed by atoms with E-state index in [0.717, 1.165) is 5.56 Å². The van der Waals surface area contributed by atoms with Crippen molar-refractivity contribution in [3.8, 4) is 23.1 Å². The number of hydrogen-bond donors (Lipinski definition) is 1. The maximum atomic E-state index is 5.62. The van der Waals surface area contributed by atoms with Crippen molar-refractivity contribution in [1.29, 1.82) is 0 Å². The molecule has 6 nitrogen and oxygen atoms in total. The molecule has 3 aromatic rings. The number of pyridine rings is 2. The van der Waals surface area contributed by atoms with Crippen LogP contribution in [0.1, 0.15) is 5.56 Å². The average molecular weight is 253 g/mol. The van der Waals surface area contributed by atoms with Gasteiger partial charge in [-0.1, -0.05) is 17.3 Å². The quantitative estimate of drug-likeness (QED) is 0.751. The highest BCUT2D eigenvalue weighted by molar-refractivity contribution is 5.57. The van der Waals surface area contributed by atoms with Crippen LogP contribution in [0.4, 0.5) is 5.82 Å². The van der Waals surface area contributed by atoms with Crippen molar-refractivity contribution in [2.45, 2.75) is 6.92 Å². The number of aryl methyl sites for hydroxylation is 1. The van der Waals surface area contributed by atoms with Gasteiger partial charge in [-0.15, -0.1) is 0 Å². The largest absolute Gasteiger partial charge is 0.384 e. The van der Waals surface area contributed by atoms with Gasteiger partial charge in [0.15, 0.2) is 0 Å². The molecule has 0 radical (unpaired) electrons. The Labute approximate surface area is 109 Å². The molecule has 2 N–H and O–H groups in total. The smallest absolute Gasteiger partial charge is 0.276 e. The van der Waals surface area contributed by atoms with Crippen molar-refractivity contribution in [2.75, 3.05) is 5.73 Å². The fourth-order valence-electron chi connectivity index (χ4n) is 1.71. The summed E-state index contributed by atoms with van der Waals surface area (Å²) < 4.78 is 5.20. The first-order valence-corrected chi connectivity index (χ1v) is 5.72. The van der Waals surface area contributed by atoms with Crippen molar-refractivity contribution >= 4 is 5.82 Å². The lowest BCUT2D eigenvalue weighted by Gasteiger charge is -1.97. The summed E-state index contributed by atoms with van der Waals surface area (Å²) in [6, 6.07) is 9.05. The monoisotopic (exact) mass is 253 g/mol. The molecule has 6 heteroatoms. The SMILES string of the molecule is Cc1cccnc1-c1noc(-c2cccc(N)n2)n1. The lowest BCUT2D eigenvalue weighted by atomic mass is 10.2. The number of nitrogens with zero attached hydrogens (tertiary/aromatic N) is 4. The Morgan fingerprint density at radius 3 is 2.79 bits per heavy atom. The van der Waals surface area contributed by atoms with Crippen LogP contribution < -0.4 is 5.73 Å². The average Bonchev–Trinajstić information content (AvgIpc) is 2.89. The predicted octanol–water partition coefficient (Wildman–Crippen LogP) is 2.08. The van der Waals surface area contributed by atoms with Crippen LogP contribution in [0.15, 0.2) is 41.1 Å². The van der Waals surface area contributed by atoms with Crippen LogP contribution >= 0.6 is 0 Å². The van der Waals surface area contributed by atoms with E-state index >= 15 is 0 Å². The van der Waals surface area contributed by atoms with Crippen LogP contribution in [0.5, 0.6) is 0 Å². The molecule has 0 fully saturated rings. The summed E-state index contributed by atoms with van der Waals surface area (Å²) in [6.45, 7) is 1.94. The molecule has 0 spiro atoms. The van der Waals surface area contributed by atoms with Crippen LogP contribution in [0.3, 0.4) is 0 Å². The summed E-state index contributed by atoms with van der Waals surface area (Å²) in [5.41, 5.74) is 7.85. The normalized spacial score (nSPS) is 10.6. The van der Waals surface area contributed by atoms with Gasteiger partial charge < -0.3 is 10.3 Å². The number of anilines is 1. The Balaban J connectivity index is 2.03. The fourth-order valence-corrected chi connectivity index (χ4v) is 1.71. The molecule has 0 aliphatic heterocycles. The minimum absolute atomic E-state index is 0.326. The van der Waals surface area contributed by atoms with Crippen molar-refractivity contribution in [2.24, 2.45) is 0 Å². The number of rotatable bonds is 2. The van der Waals surface area contributed by atoms with E-state index in [9.17, 15) is 0 Å². The summed E-state index contributed by atoms with van der Waals surface area (Å²) >= 11 is 0. The Bertz CT molecular complexity index is 722. The molecule has 0 atom stereocenters. The second kappa shape index (κ2) is 4.49. The van der Waals surface area contributed by atoms with Crippen LogP contribution in [-0.4, -0.2) is 20.1 Å². The molecular formula is C13H11N5O. The zero-order valence-electron chi connectivity index (χ0n) is 10.2. The van der Waals surface area contributed by atoms with Crippen LogP contribution in [0.2, 0.25) is 0 Å². The van der Waals surface area contributed by atoms with Gasteiger partial charge >= 0.3 is 0 Å². The molecule has 0 aliphatic carbocycles. The van der Waals surface area contributed by atoms with E-state index in [2.05, 4.69) is 20.1 Å². The fraction of sp³-hybridized carbons (Fsp3) is 0.0769. The maximum absolute atomic E-state index is 5.62. The second-order valence-electron chi connectivity index (χ2n) is 4.04. The molecule has 0 aliphatic rings. The number of aromatic nitrogens is 4. The van der Waals surface area contributed by atoms with E-state index in [0.29, 0.717) is 28.9 Å². The highest BCUT2D eigenvalue weighted by Crippen LogP contribution is 2.21. The van der Waals surface area contributed by atoms with E-state index in [1.54, 1.807) is 24.4 Å². The number of nitrogens with two attached hydrogens (primary N) is 1. The van der Waals surface area contributed by atoms with Crippen LogP contribution in [0.25, 0.3) is 23.1 Å². The molecule has 3 aromatic heterocycles. The van der Waals surface area contributed by atoms with E-state index in [1.807, 2.05) is 19.1 Å². The molecule has 0 saturated carbocycles. The third-order valence-electron chi connectivity index (χ3n) is 2.64. The molecule has 3 rings (SSSR count). The zero-order chi connectivity index (χ0) is 13.2. The van der Waals surface area contributed by atoms with Gasteiger partial charge in [0, 0.05) is 6.20 Å². The van der Waals surface area contributed by atoms with Gasteiger partial charge in [0.2, 0.25) is 5.82 Å². The van der Waals surface area contributed by atoms with Gasteiger partial charge in [-0.2, -0.15) is 4.98 Å². The molecule has 0 bridgehead atoms. The standard InChI is InChI=1S/C13H11N5O/c1-8-4-3-7-15-11(8)12-17-13(19-18-12)9-5-2-6-10(14)16-9/h2-7H,1H3,(H2,14,16). The van der Waals surface area contributed by atoms with Crippen LogP contribution in [0, 0.1) is 6.92 Å². The third kappa shape index (κ3) is 2.15. The van der Waals surface area contributed by atoms with Crippen molar-refractivity contribution < 1.29 is 4.52 Å².